The summed E-state index contributed by atoms with van der Waals surface area (Å²) in [4.78, 5) is 2.61. The number of methoxy groups -OCH3 is 1. The Morgan fingerprint density at radius 2 is 2.06 bits per heavy atom. The molecular formula is C14H27NO2. The topological polar surface area (TPSA) is 21.7 Å². The maximum Gasteiger partial charge on any atom is 0.0724 e. The van der Waals surface area contributed by atoms with Crippen LogP contribution >= 0.6 is 0 Å². The van der Waals surface area contributed by atoms with Gasteiger partial charge < -0.3 is 9.47 Å². The van der Waals surface area contributed by atoms with Crippen molar-refractivity contribution < 1.29 is 9.47 Å². The van der Waals surface area contributed by atoms with Crippen LogP contribution in [-0.2, 0) is 9.47 Å². The first-order chi connectivity index (χ1) is 8.38. The molecule has 2 rings (SSSR count). The molecule has 0 aromatic carbocycles. The molecule has 3 heteroatoms. The van der Waals surface area contributed by atoms with Crippen molar-refractivity contribution in [1.82, 2.24) is 4.90 Å². The summed E-state index contributed by atoms with van der Waals surface area (Å²) < 4.78 is 10.9. The van der Waals surface area contributed by atoms with Crippen molar-refractivity contribution in [3.63, 3.8) is 0 Å². The standard InChI is InChI=1S/C14H27NO2/c1-16-9-7-14-12-15(8-10-17-14)11-13-5-3-2-4-6-13/h13-14H,2-12H2,1H3. The van der Waals surface area contributed by atoms with E-state index in [9.17, 15) is 0 Å². The van der Waals surface area contributed by atoms with E-state index in [1.54, 1.807) is 7.11 Å². The van der Waals surface area contributed by atoms with Gasteiger partial charge in [0.2, 0.25) is 0 Å². The lowest BCUT2D eigenvalue weighted by atomic mass is 9.89. The average Bonchev–Trinajstić information content (AvgIpc) is 2.38. The van der Waals surface area contributed by atoms with Crippen LogP contribution in [0.5, 0.6) is 0 Å². The molecule has 0 aromatic heterocycles. The van der Waals surface area contributed by atoms with Gasteiger partial charge in [-0.3, -0.25) is 4.90 Å². The number of nitrogens with zero attached hydrogens (tertiary/aromatic N) is 1. The molecule has 1 saturated heterocycles. The summed E-state index contributed by atoms with van der Waals surface area (Å²) in [6, 6.07) is 0. The lowest BCUT2D eigenvalue weighted by Crippen LogP contribution is -2.45. The first-order valence-corrected chi connectivity index (χ1v) is 7.21. The summed E-state index contributed by atoms with van der Waals surface area (Å²) in [5, 5.41) is 0. The van der Waals surface area contributed by atoms with Crippen LogP contribution in [0, 0.1) is 5.92 Å². The largest absolute Gasteiger partial charge is 0.385 e. The van der Waals surface area contributed by atoms with Gasteiger partial charge in [-0.2, -0.15) is 0 Å². The molecule has 1 aliphatic carbocycles. The summed E-state index contributed by atoms with van der Waals surface area (Å²) in [6.45, 7) is 5.26. The highest BCUT2D eigenvalue weighted by Gasteiger charge is 2.23. The molecule has 0 radical (unpaired) electrons. The maximum atomic E-state index is 5.78. The number of rotatable bonds is 5. The van der Waals surface area contributed by atoms with E-state index in [0.717, 1.165) is 38.6 Å². The third kappa shape index (κ3) is 4.57. The molecule has 0 amide bonds. The molecule has 1 saturated carbocycles. The predicted octanol–water partition coefficient (Wildman–Crippen LogP) is 2.30. The van der Waals surface area contributed by atoms with Crippen LogP contribution < -0.4 is 0 Å². The van der Waals surface area contributed by atoms with Gasteiger partial charge in [-0.15, -0.1) is 0 Å². The van der Waals surface area contributed by atoms with E-state index in [4.69, 9.17) is 9.47 Å². The molecule has 100 valence electrons. The molecule has 17 heavy (non-hydrogen) atoms. The fraction of sp³-hybridized carbons (Fsp3) is 1.00. The Morgan fingerprint density at radius 1 is 1.24 bits per heavy atom. The Bertz CT molecular complexity index is 204. The molecule has 0 N–H and O–H groups in total. The monoisotopic (exact) mass is 241 g/mol. The Hall–Kier alpha value is -0.120. The van der Waals surface area contributed by atoms with Gasteiger partial charge in [-0.05, 0) is 25.2 Å². The van der Waals surface area contributed by atoms with Crippen molar-refractivity contribution in [2.45, 2.75) is 44.6 Å². The quantitative estimate of drug-likeness (QED) is 0.737. The van der Waals surface area contributed by atoms with Crippen LogP contribution in [0.2, 0.25) is 0 Å². The van der Waals surface area contributed by atoms with Crippen molar-refractivity contribution in [1.29, 1.82) is 0 Å². The number of ether oxygens (including phenoxy) is 2. The van der Waals surface area contributed by atoms with E-state index < -0.39 is 0 Å². The minimum Gasteiger partial charge on any atom is -0.385 e. The van der Waals surface area contributed by atoms with Gasteiger partial charge in [-0.25, -0.2) is 0 Å². The second-order valence-electron chi connectivity index (χ2n) is 5.54. The molecule has 0 bridgehead atoms. The molecule has 2 fully saturated rings. The Morgan fingerprint density at radius 3 is 2.82 bits per heavy atom. The van der Waals surface area contributed by atoms with Gasteiger partial charge in [0.15, 0.2) is 0 Å². The van der Waals surface area contributed by atoms with Gasteiger partial charge in [0.1, 0.15) is 0 Å². The summed E-state index contributed by atoms with van der Waals surface area (Å²) >= 11 is 0. The highest BCUT2D eigenvalue weighted by Crippen LogP contribution is 2.25. The van der Waals surface area contributed by atoms with Crippen molar-refractivity contribution in [2.75, 3.05) is 40.0 Å². The lowest BCUT2D eigenvalue weighted by molar-refractivity contribution is -0.0457. The third-order valence-corrected chi connectivity index (χ3v) is 4.11. The van der Waals surface area contributed by atoms with E-state index in [0.29, 0.717) is 6.10 Å². The van der Waals surface area contributed by atoms with Gasteiger partial charge in [0, 0.05) is 33.4 Å². The van der Waals surface area contributed by atoms with Crippen molar-refractivity contribution >= 4 is 0 Å². The zero-order valence-electron chi connectivity index (χ0n) is 11.2. The first-order valence-electron chi connectivity index (χ1n) is 7.21. The molecular weight excluding hydrogens is 214 g/mol. The zero-order chi connectivity index (χ0) is 11.9. The summed E-state index contributed by atoms with van der Waals surface area (Å²) in [6.07, 6.45) is 8.67. The molecule has 1 unspecified atom stereocenters. The highest BCUT2D eigenvalue weighted by atomic mass is 16.5. The third-order valence-electron chi connectivity index (χ3n) is 4.11. The number of hydrogen-bond acceptors (Lipinski definition) is 3. The SMILES string of the molecule is COCCC1CN(CC2CCCCC2)CCO1. The number of hydrogen-bond donors (Lipinski definition) is 0. The van der Waals surface area contributed by atoms with E-state index in [1.807, 2.05) is 0 Å². The summed E-state index contributed by atoms with van der Waals surface area (Å²) in [7, 11) is 1.77. The van der Waals surface area contributed by atoms with Crippen LogP contribution in [0.1, 0.15) is 38.5 Å². The molecule has 0 aromatic rings. The molecule has 1 aliphatic heterocycles. The molecule has 2 aliphatic rings. The lowest BCUT2D eigenvalue weighted by Gasteiger charge is -2.36. The molecule has 3 nitrogen and oxygen atoms in total. The number of morpholine rings is 1. The highest BCUT2D eigenvalue weighted by molar-refractivity contribution is 4.76. The first kappa shape index (κ1) is 13.3. The molecule has 1 atom stereocenters. The van der Waals surface area contributed by atoms with E-state index >= 15 is 0 Å². The molecule has 1 heterocycles. The van der Waals surface area contributed by atoms with Gasteiger partial charge >= 0.3 is 0 Å². The fourth-order valence-electron chi connectivity index (χ4n) is 3.11. The van der Waals surface area contributed by atoms with Crippen LogP contribution in [0.15, 0.2) is 0 Å². The van der Waals surface area contributed by atoms with Crippen LogP contribution in [0.25, 0.3) is 0 Å². The minimum atomic E-state index is 0.396. The molecule has 0 spiro atoms. The van der Waals surface area contributed by atoms with Crippen molar-refractivity contribution in [3.05, 3.63) is 0 Å². The van der Waals surface area contributed by atoms with E-state index in [2.05, 4.69) is 4.90 Å². The fourth-order valence-corrected chi connectivity index (χ4v) is 3.11. The van der Waals surface area contributed by atoms with Crippen LogP contribution in [0.4, 0.5) is 0 Å². The second-order valence-corrected chi connectivity index (χ2v) is 5.54. The second kappa shape index (κ2) is 7.34. The van der Waals surface area contributed by atoms with Crippen LogP contribution in [-0.4, -0.2) is 51.0 Å². The van der Waals surface area contributed by atoms with Crippen LogP contribution in [0.3, 0.4) is 0 Å². The van der Waals surface area contributed by atoms with Gasteiger partial charge in [-0.1, -0.05) is 19.3 Å². The van der Waals surface area contributed by atoms with Gasteiger partial charge in [0.25, 0.3) is 0 Å². The average molecular weight is 241 g/mol. The summed E-state index contributed by atoms with van der Waals surface area (Å²) in [5.41, 5.74) is 0. The van der Waals surface area contributed by atoms with Gasteiger partial charge in [0.05, 0.1) is 12.7 Å². The predicted molar refractivity (Wildman–Crippen MR) is 69.2 cm³/mol. The Kier molecular flexibility index (Phi) is 5.75. The van der Waals surface area contributed by atoms with E-state index in [1.165, 1.54) is 38.6 Å². The maximum absolute atomic E-state index is 5.78. The summed E-state index contributed by atoms with van der Waals surface area (Å²) in [5.74, 6) is 0.949. The van der Waals surface area contributed by atoms with Crippen molar-refractivity contribution in [3.8, 4) is 0 Å². The van der Waals surface area contributed by atoms with Crippen molar-refractivity contribution in [2.24, 2.45) is 5.92 Å². The van der Waals surface area contributed by atoms with E-state index in [-0.39, 0.29) is 0 Å². The smallest absolute Gasteiger partial charge is 0.0724 e. The zero-order valence-corrected chi connectivity index (χ0v) is 11.2. The normalized spacial score (nSPS) is 28.4. The minimum absolute atomic E-state index is 0.396. The Labute approximate surface area is 105 Å². The Balaban J connectivity index is 1.68.